The first kappa shape index (κ1) is 17.2. The maximum absolute atomic E-state index is 13.0. The van der Waals surface area contributed by atoms with Crippen LogP contribution in [0.5, 0.6) is 0 Å². The van der Waals surface area contributed by atoms with E-state index in [0.717, 1.165) is 50.9 Å². The Labute approximate surface area is 143 Å². The molecule has 5 nitrogen and oxygen atoms in total. The third-order valence-corrected chi connectivity index (χ3v) is 5.26. The molecule has 0 spiro atoms. The molecule has 4 rings (SSSR count). The average Bonchev–Trinajstić information content (AvgIpc) is 2.87. The molecular weight excluding hydrogens is 304 g/mol. The standard InChI is InChI=1S/C19H28N2O3/c1-12(2)4-7-16-8-13(3)17(19(23)24-16)18(22)21-11-14-5-6-15(21)10-20-9-14/h8,12,14-15,20H,4-7,9-11H2,1-3H3/t14-,15+/m1/s1. The lowest BCUT2D eigenvalue weighted by Crippen LogP contribution is -2.48. The smallest absolute Gasteiger partial charge is 0.349 e. The summed E-state index contributed by atoms with van der Waals surface area (Å²) in [5.74, 6) is 1.57. The first-order valence-corrected chi connectivity index (χ1v) is 9.11. The molecule has 1 aromatic heterocycles. The van der Waals surface area contributed by atoms with E-state index in [-0.39, 0.29) is 17.5 Å². The van der Waals surface area contributed by atoms with Crippen LogP contribution in [0.15, 0.2) is 15.3 Å². The van der Waals surface area contributed by atoms with E-state index >= 15 is 0 Å². The third kappa shape index (κ3) is 3.56. The lowest BCUT2D eigenvalue weighted by atomic mass is 9.94. The highest BCUT2D eigenvalue weighted by Crippen LogP contribution is 2.26. The minimum atomic E-state index is -0.480. The van der Waals surface area contributed by atoms with Crippen LogP contribution in [-0.2, 0) is 6.42 Å². The van der Waals surface area contributed by atoms with Gasteiger partial charge in [-0.15, -0.1) is 0 Å². The number of piperidine rings is 1. The van der Waals surface area contributed by atoms with Crippen LogP contribution in [0, 0.1) is 18.8 Å². The third-order valence-electron chi connectivity index (χ3n) is 5.26. The van der Waals surface area contributed by atoms with Gasteiger partial charge in [0.1, 0.15) is 11.3 Å². The highest BCUT2D eigenvalue weighted by molar-refractivity contribution is 5.95. The minimum Gasteiger partial charge on any atom is -0.427 e. The van der Waals surface area contributed by atoms with E-state index in [1.54, 1.807) is 0 Å². The molecule has 1 amide bonds. The van der Waals surface area contributed by atoms with Crippen LogP contribution in [0.3, 0.4) is 0 Å². The number of nitrogens with zero attached hydrogens (tertiary/aromatic N) is 1. The highest BCUT2D eigenvalue weighted by Gasteiger charge is 2.36. The summed E-state index contributed by atoms with van der Waals surface area (Å²) in [5.41, 5.74) is 0.478. The molecule has 2 atom stereocenters. The number of carbonyl (C=O) groups excluding carboxylic acids is 1. The molecule has 1 aromatic rings. The van der Waals surface area contributed by atoms with Gasteiger partial charge in [-0.05, 0) is 56.2 Å². The van der Waals surface area contributed by atoms with Gasteiger partial charge in [0, 0.05) is 25.6 Å². The number of rotatable bonds is 4. The van der Waals surface area contributed by atoms with Crippen molar-refractivity contribution in [1.29, 1.82) is 0 Å². The Morgan fingerprint density at radius 3 is 2.88 bits per heavy atom. The molecular formula is C19H28N2O3. The number of carbonyl (C=O) groups is 1. The molecule has 5 heteroatoms. The molecule has 3 fully saturated rings. The first-order valence-electron chi connectivity index (χ1n) is 9.11. The normalized spacial score (nSPS) is 23.6. The monoisotopic (exact) mass is 332 g/mol. The lowest BCUT2D eigenvalue weighted by Gasteiger charge is -2.36. The van der Waals surface area contributed by atoms with Gasteiger partial charge in [0.05, 0.1) is 0 Å². The molecule has 3 aliphatic heterocycles. The predicted octanol–water partition coefficient (Wildman–Crippen LogP) is 2.36. The van der Waals surface area contributed by atoms with Crippen molar-refractivity contribution >= 4 is 5.91 Å². The topological polar surface area (TPSA) is 62.6 Å². The van der Waals surface area contributed by atoms with Crippen molar-refractivity contribution in [2.45, 2.75) is 52.5 Å². The van der Waals surface area contributed by atoms with E-state index in [1.807, 2.05) is 17.9 Å². The van der Waals surface area contributed by atoms with Gasteiger partial charge in [-0.3, -0.25) is 4.79 Å². The van der Waals surface area contributed by atoms with Crippen LogP contribution in [0.4, 0.5) is 0 Å². The second-order valence-corrected chi connectivity index (χ2v) is 7.70. The SMILES string of the molecule is Cc1cc(CCC(C)C)oc(=O)c1C(=O)N1C[C@@H]2CC[C@H]1CNC2. The zero-order valence-corrected chi connectivity index (χ0v) is 14.9. The molecule has 0 aromatic carbocycles. The number of hydrogen-bond donors (Lipinski definition) is 1. The zero-order chi connectivity index (χ0) is 17.3. The second-order valence-electron chi connectivity index (χ2n) is 7.70. The summed E-state index contributed by atoms with van der Waals surface area (Å²) in [6, 6.07) is 2.06. The molecule has 3 saturated heterocycles. The summed E-state index contributed by atoms with van der Waals surface area (Å²) < 4.78 is 5.44. The van der Waals surface area contributed by atoms with Crippen molar-refractivity contribution in [2.75, 3.05) is 19.6 Å². The van der Waals surface area contributed by atoms with Gasteiger partial charge in [0.15, 0.2) is 0 Å². The Kier molecular flexibility index (Phi) is 5.09. The van der Waals surface area contributed by atoms with Gasteiger partial charge in [-0.25, -0.2) is 4.79 Å². The van der Waals surface area contributed by atoms with Crippen LogP contribution in [0.25, 0.3) is 0 Å². The molecule has 0 unspecified atom stereocenters. The molecule has 3 aliphatic rings. The van der Waals surface area contributed by atoms with Crippen LogP contribution < -0.4 is 10.9 Å². The molecule has 4 heterocycles. The molecule has 1 N–H and O–H groups in total. The largest absolute Gasteiger partial charge is 0.427 e. The van der Waals surface area contributed by atoms with E-state index in [2.05, 4.69) is 19.2 Å². The molecule has 0 radical (unpaired) electrons. The van der Waals surface area contributed by atoms with E-state index in [0.29, 0.717) is 17.6 Å². The maximum Gasteiger partial charge on any atom is 0.349 e. The summed E-state index contributed by atoms with van der Waals surface area (Å²) >= 11 is 0. The quantitative estimate of drug-likeness (QED) is 0.919. The predicted molar refractivity (Wildman–Crippen MR) is 93.3 cm³/mol. The van der Waals surface area contributed by atoms with Crippen LogP contribution in [0.1, 0.15) is 54.8 Å². The fraction of sp³-hybridized carbons (Fsp3) is 0.684. The van der Waals surface area contributed by atoms with E-state index in [4.69, 9.17) is 4.42 Å². The van der Waals surface area contributed by atoms with Gasteiger partial charge < -0.3 is 14.6 Å². The van der Waals surface area contributed by atoms with Gasteiger partial charge in [-0.2, -0.15) is 0 Å². The second kappa shape index (κ2) is 7.09. The van der Waals surface area contributed by atoms with Crippen LogP contribution in [0.2, 0.25) is 0 Å². The summed E-state index contributed by atoms with van der Waals surface area (Å²) in [4.78, 5) is 27.3. The Morgan fingerprint density at radius 1 is 1.38 bits per heavy atom. The minimum absolute atomic E-state index is 0.157. The van der Waals surface area contributed by atoms with Crippen molar-refractivity contribution in [3.05, 3.63) is 33.4 Å². The van der Waals surface area contributed by atoms with Crippen LogP contribution in [-0.4, -0.2) is 36.5 Å². The fourth-order valence-corrected chi connectivity index (χ4v) is 3.81. The molecule has 0 saturated carbocycles. The summed E-state index contributed by atoms with van der Waals surface area (Å²) in [6.45, 7) is 8.65. The van der Waals surface area contributed by atoms with Crippen molar-refractivity contribution in [3.63, 3.8) is 0 Å². The van der Waals surface area contributed by atoms with E-state index < -0.39 is 5.63 Å². The van der Waals surface area contributed by atoms with Gasteiger partial charge in [-0.1, -0.05) is 13.8 Å². The number of nitrogens with one attached hydrogen (secondary N) is 1. The summed E-state index contributed by atoms with van der Waals surface area (Å²) in [6.07, 6.45) is 3.88. The number of fused-ring (bicyclic) bond motifs is 4. The summed E-state index contributed by atoms with van der Waals surface area (Å²) in [7, 11) is 0. The van der Waals surface area contributed by atoms with Gasteiger partial charge >= 0.3 is 5.63 Å². The Balaban J connectivity index is 1.83. The van der Waals surface area contributed by atoms with Gasteiger partial charge in [0.25, 0.3) is 5.91 Å². The van der Waals surface area contributed by atoms with Crippen molar-refractivity contribution in [1.82, 2.24) is 10.2 Å². The van der Waals surface area contributed by atoms with Crippen molar-refractivity contribution in [3.8, 4) is 0 Å². The molecule has 0 aliphatic carbocycles. The zero-order valence-electron chi connectivity index (χ0n) is 14.9. The Morgan fingerprint density at radius 2 is 2.17 bits per heavy atom. The first-order chi connectivity index (χ1) is 11.5. The average molecular weight is 332 g/mol. The highest BCUT2D eigenvalue weighted by atomic mass is 16.4. The van der Waals surface area contributed by atoms with Crippen LogP contribution >= 0.6 is 0 Å². The summed E-state index contributed by atoms with van der Waals surface area (Å²) in [5, 5.41) is 3.42. The maximum atomic E-state index is 13.0. The fourth-order valence-electron chi connectivity index (χ4n) is 3.81. The van der Waals surface area contributed by atoms with E-state index in [9.17, 15) is 9.59 Å². The van der Waals surface area contributed by atoms with Crippen molar-refractivity contribution < 1.29 is 9.21 Å². The van der Waals surface area contributed by atoms with E-state index in [1.165, 1.54) is 0 Å². The Bertz CT molecular complexity index is 661. The number of hydrogen-bond acceptors (Lipinski definition) is 4. The number of amides is 1. The Hall–Kier alpha value is -1.62. The van der Waals surface area contributed by atoms with Crippen molar-refractivity contribution in [2.24, 2.45) is 11.8 Å². The molecule has 2 bridgehead atoms. The molecule has 132 valence electrons. The van der Waals surface area contributed by atoms with Gasteiger partial charge in [0.2, 0.25) is 0 Å². The number of aryl methyl sites for hydroxylation is 2. The molecule has 24 heavy (non-hydrogen) atoms. The lowest BCUT2D eigenvalue weighted by molar-refractivity contribution is 0.0585.